The van der Waals surface area contributed by atoms with Crippen molar-refractivity contribution in [1.82, 2.24) is 0 Å². The molecule has 2 rings (SSSR count). The molecule has 0 N–H and O–H groups in total. The maximum atomic E-state index is 12.3. The first-order chi connectivity index (χ1) is 8.63. The van der Waals surface area contributed by atoms with Gasteiger partial charge in [-0.05, 0) is 53.4 Å². The Hall–Kier alpha value is -1.61. The highest BCUT2D eigenvalue weighted by atomic mass is 32.1. The van der Waals surface area contributed by atoms with Crippen LogP contribution in [-0.2, 0) is 6.42 Å². The number of carbonyl (C=O) groups excluding carboxylic acids is 1. The van der Waals surface area contributed by atoms with Crippen molar-refractivity contribution in [2.24, 2.45) is 0 Å². The standard InChI is InChI=1S/C15H16O2S/c1-10-4-5-13(15(17-3)11(10)2)14(16)8-12-6-7-18-9-12/h4-7,9H,8H2,1-3H3. The fourth-order valence-electron chi connectivity index (χ4n) is 1.95. The number of hydrogen-bond donors (Lipinski definition) is 0. The molecule has 0 aliphatic heterocycles. The third kappa shape index (κ3) is 2.46. The van der Waals surface area contributed by atoms with E-state index in [2.05, 4.69) is 0 Å². The third-order valence-electron chi connectivity index (χ3n) is 3.13. The van der Waals surface area contributed by atoms with E-state index in [1.807, 2.05) is 42.8 Å². The monoisotopic (exact) mass is 260 g/mol. The van der Waals surface area contributed by atoms with Crippen molar-refractivity contribution in [2.45, 2.75) is 20.3 Å². The molecule has 0 aliphatic rings. The molecule has 0 aliphatic carbocycles. The van der Waals surface area contributed by atoms with Crippen LogP contribution in [0.1, 0.15) is 27.0 Å². The lowest BCUT2D eigenvalue weighted by Gasteiger charge is -2.12. The van der Waals surface area contributed by atoms with Gasteiger partial charge in [-0.3, -0.25) is 4.79 Å². The Morgan fingerprint density at radius 3 is 2.67 bits per heavy atom. The van der Waals surface area contributed by atoms with Gasteiger partial charge in [0.25, 0.3) is 0 Å². The van der Waals surface area contributed by atoms with Crippen LogP contribution in [0, 0.1) is 13.8 Å². The normalized spacial score (nSPS) is 10.4. The number of benzene rings is 1. The average Bonchev–Trinajstić information content (AvgIpc) is 2.85. The molecule has 0 amide bonds. The topological polar surface area (TPSA) is 26.3 Å². The molecule has 3 heteroatoms. The Bertz CT molecular complexity index is 556. The van der Waals surface area contributed by atoms with E-state index in [-0.39, 0.29) is 5.78 Å². The van der Waals surface area contributed by atoms with E-state index in [1.54, 1.807) is 18.4 Å². The van der Waals surface area contributed by atoms with Crippen molar-refractivity contribution in [1.29, 1.82) is 0 Å². The number of methoxy groups -OCH3 is 1. The molecule has 0 bridgehead atoms. The highest BCUT2D eigenvalue weighted by Gasteiger charge is 2.15. The summed E-state index contributed by atoms with van der Waals surface area (Å²) in [6.45, 7) is 4.00. The molecular weight excluding hydrogens is 244 g/mol. The van der Waals surface area contributed by atoms with Crippen molar-refractivity contribution in [3.63, 3.8) is 0 Å². The number of ketones is 1. The molecule has 0 saturated carbocycles. The average molecular weight is 260 g/mol. The summed E-state index contributed by atoms with van der Waals surface area (Å²) in [5.41, 5.74) is 3.91. The van der Waals surface area contributed by atoms with Crippen LogP contribution in [0.15, 0.2) is 29.0 Å². The number of Topliss-reactive ketones (excluding diaryl/α,β-unsaturated/α-hetero) is 1. The van der Waals surface area contributed by atoms with Gasteiger partial charge in [0.1, 0.15) is 5.75 Å². The van der Waals surface area contributed by atoms with Crippen LogP contribution < -0.4 is 4.74 Å². The lowest BCUT2D eigenvalue weighted by Crippen LogP contribution is -2.07. The van der Waals surface area contributed by atoms with Crippen LogP contribution in [0.4, 0.5) is 0 Å². The predicted octanol–water partition coefficient (Wildman–Crippen LogP) is 3.80. The lowest BCUT2D eigenvalue weighted by molar-refractivity contribution is 0.0990. The van der Waals surface area contributed by atoms with Gasteiger partial charge in [-0.2, -0.15) is 11.3 Å². The van der Waals surface area contributed by atoms with E-state index < -0.39 is 0 Å². The second kappa shape index (κ2) is 5.36. The van der Waals surface area contributed by atoms with Crippen molar-refractivity contribution < 1.29 is 9.53 Å². The van der Waals surface area contributed by atoms with Crippen molar-refractivity contribution in [3.05, 3.63) is 51.2 Å². The molecule has 0 spiro atoms. The van der Waals surface area contributed by atoms with E-state index >= 15 is 0 Å². The van der Waals surface area contributed by atoms with E-state index in [4.69, 9.17) is 4.74 Å². The Labute approximate surface area is 111 Å². The van der Waals surface area contributed by atoms with Crippen molar-refractivity contribution in [2.75, 3.05) is 7.11 Å². The fraction of sp³-hybridized carbons (Fsp3) is 0.267. The SMILES string of the molecule is COc1c(C(=O)Cc2ccsc2)ccc(C)c1C. The van der Waals surface area contributed by atoms with E-state index in [1.165, 1.54) is 0 Å². The van der Waals surface area contributed by atoms with Crippen LogP contribution in [0.25, 0.3) is 0 Å². The quantitative estimate of drug-likeness (QED) is 0.782. The van der Waals surface area contributed by atoms with Gasteiger partial charge in [0.05, 0.1) is 12.7 Å². The summed E-state index contributed by atoms with van der Waals surface area (Å²) in [7, 11) is 1.61. The van der Waals surface area contributed by atoms with Crippen LogP contribution in [0.2, 0.25) is 0 Å². The van der Waals surface area contributed by atoms with Gasteiger partial charge >= 0.3 is 0 Å². The molecule has 0 fully saturated rings. The molecule has 0 radical (unpaired) electrons. The molecular formula is C15H16O2S. The van der Waals surface area contributed by atoms with Crippen molar-refractivity contribution in [3.8, 4) is 5.75 Å². The van der Waals surface area contributed by atoms with E-state index in [0.717, 1.165) is 16.7 Å². The second-order valence-corrected chi connectivity index (χ2v) is 5.10. The molecule has 0 unspecified atom stereocenters. The summed E-state index contributed by atoms with van der Waals surface area (Å²) >= 11 is 1.61. The summed E-state index contributed by atoms with van der Waals surface area (Å²) in [4.78, 5) is 12.3. The maximum absolute atomic E-state index is 12.3. The Balaban J connectivity index is 2.33. The van der Waals surface area contributed by atoms with Gasteiger partial charge in [-0.15, -0.1) is 0 Å². The van der Waals surface area contributed by atoms with Crippen molar-refractivity contribution >= 4 is 17.1 Å². The number of carbonyl (C=O) groups is 1. The summed E-state index contributed by atoms with van der Waals surface area (Å²) in [5, 5.41) is 3.99. The fourth-order valence-corrected chi connectivity index (χ4v) is 2.62. The highest BCUT2D eigenvalue weighted by Crippen LogP contribution is 2.27. The van der Waals surface area contributed by atoms with Crippen LogP contribution in [0.3, 0.4) is 0 Å². The molecule has 94 valence electrons. The molecule has 1 heterocycles. The Morgan fingerprint density at radius 1 is 1.28 bits per heavy atom. The predicted molar refractivity (Wildman–Crippen MR) is 74.8 cm³/mol. The zero-order valence-corrected chi connectivity index (χ0v) is 11.6. The molecule has 2 aromatic rings. The van der Waals surface area contributed by atoms with Gasteiger partial charge < -0.3 is 4.74 Å². The van der Waals surface area contributed by atoms with Gasteiger partial charge in [0, 0.05) is 6.42 Å². The Morgan fingerprint density at radius 2 is 2.06 bits per heavy atom. The summed E-state index contributed by atoms with van der Waals surface area (Å²) < 4.78 is 5.38. The molecule has 2 nitrogen and oxygen atoms in total. The number of ether oxygens (including phenoxy) is 1. The largest absolute Gasteiger partial charge is 0.496 e. The molecule has 1 aromatic carbocycles. The van der Waals surface area contributed by atoms with Crippen LogP contribution in [0.5, 0.6) is 5.75 Å². The van der Waals surface area contributed by atoms with Gasteiger partial charge in [-0.1, -0.05) is 6.07 Å². The first kappa shape index (κ1) is 12.8. The molecule has 1 aromatic heterocycles. The molecule has 0 saturated heterocycles. The summed E-state index contributed by atoms with van der Waals surface area (Å²) in [5.74, 6) is 0.809. The summed E-state index contributed by atoms with van der Waals surface area (Å²) in [6, 6.07) is 5.81. The number of hydrogen-bond acceptors (Lipinski definition) is 3. The minimum absolute atomic E-state index is 0.105. The molecule has 0 atom stereocenters. The first-order valence-electron chi connectivity index (χ1n) is 5.82. The van der Waals surface area contributed by atoms with Gasteiger partial charge in [0.15, 0.2) is 5.78 Å². The van der Waals surface area contributed by atoms with Gasteiger partial charge in [-0.25, -0.2) is 0 Å². The smallest absolute Gasteiger partial charge is 0.170 e. The number of thiophene rings is 1. The second-order valence-electron chi connectivity index (χ2n) is 4.32. The zero-order chi connectivity index (χ0) is 13.1. The first-order valence-corrected chi connectivity index (χ1v) is 6.76. The minimum Gasteiger partial charge on any atom is -0.496 e. The maximum Gasteiger partial charge on any atom is 0.170 e. The van der Waals surface area contributed by atoms with Gasteiger partial charge in [0.2, 0.25) is 0 Å². The lowest BCUT2D eigenvalue weighted by atomic mass is 9.99. The third-order valence-corrected chi connectivity index (χ3v) is 3.86. The zero-order valence-electron chi connectivity index (χ0n) is 10.8. The van der Waals surface area contributed by atoms with E-state index in [0.29, 0.717) is 17.7 Å². The minimum atomic E-state index is 0.105. The van der Waals surface area contributed by atoms with E-state index in [9.17, 15) is 4.79 Å². The summed E-state index contributed by atoms with van der Waals surface area (Å²) in [6.07, 6.45) is 0.433. The molecule has 18 heavy (non-hydrogen) atoms. The Kier molecular flexibility index (Phi) is 3.82. The number of aryl methyl sites for hydroxylation is 1. The van der Waals surface area contributed by atoms with Crippen LogP contribution >= 0.6 is 11.3 Å². The number of rotatable bonds is 4. The van der Waals surface area contributed by atoms with Crippen LogP contribution in [-0.4, -0.2) is 12.9 Å². The highest BCUT2D eigenvalue weighted by molar-refractivity contribution is 7.08.